The van der Waals surface area contributed by atoms with E-state index in [2.05, 4.69) is 20.8 Å². The number of hydrogen-bond donors (Lipinski definition) is 1. The molecule has 1 atom stereocenters. The van der Waals surface area contributed by atoms with Gasteiger partial charge in [0.1, 0.15) is 0 Å². The molecule has 1 aromatic carbocycles. The fourth-order valence-electron chi connectivity index (χ4n) is 2.20. The first-order chi connectivity index (χ1) is 8.46. The molecule has 0 spiro atoms. The van der Waals surface area contributed by atoms with Gasteiger partial charge in [-0.05, 0) is 38.1 Å². The van der Waals surface area contributed by atoms with Gasteiger partial charge in [-0.25, -0.2) is 8.42 Å². The van der Waals surface area contributed by atoms with E-state index in [1.807, 2.05) is 6.07 Å². The van der Waals surface area contributed by atoms with Gasteiger partial charge in [-0.2, -0.15) is 0 Å². The van der Waals surface area contributed by atoms with Gasteiger partial charge >= 0.3 is 0 Å². The molecule has 2 N–H and O–H groups in total. The quantitative estimate of drug-likeness (QED) is 0.916. The maximum Gasteiger partial charge on any atom is 0.184 e. The van der Waals surface area contributed by atoms with Crippen LogP contribution in [0.15, 0.2) is 27.6 Å². The van der Waals surface area contributed by atoms with Crippen LogP contribution in [0.3, 0.4) is 0 Å². The second kappa shape index (κ2) is 5.19. The molecule has 1 aromatic rings. The fourth-order valence-corrected chi connectivity index (χ4v) is 4.09. The first kappa shape index (κ1) is 13.8. The largest absolute Gasteiger partial charge is 0.369 e. The molecule has 1 unspecified atom stereocenters. The highest BCUT2D eigenvalue weighted by atomic mass is 79.9. The lowest BCUT2D eigenvalue weighted by Crippen LogP contribution is -2.41. The molecule has 6 heteroatoms. The molecule has 0 bridgehead atoms. The van der Waals surface area contributed by atoms with Gasteiger partial charge in [-0.1, -0.05) is 15.9 Å². The molecule has 4 nitrogen and oxygen atoms in total. The fraction of sp³-hybridized carbons (Fsp3) is 0.500. The summed E-state index contributed by atoms with van der Waals surface area (Å²) in [5, 5.41) is -0.371. The van der Waals surface area contributed by atoms with Gasteiger partial charge in [0.2, 0.25) is 0 Å². The Hall–Kier alpha value is -0.590. The Bertz CT molecular complexity index is 545. The van der Waals surface area contributed by atoms with Crippen LogP contribution in [0.25, 0.3) is 0 Å². The van der Waals surface area contributed by atoms with Crippen molar-refractivity contribution in [1.82, 2.24) is 0 Å². The van der Waals surface area contributed by atoms with Crippen molar-refractivity contribution < 1.29 is 8.42 Å². The highest BCUT2D eigenvalue weighted by Crippen LogP contribution is 2.35. The molecule has 0 saturated heterocycles. The Morgan fingerprint density at radius 1 is 1.50 bits per heavy atom. The van der Waals surface area contributed by atoms with E-state index in [0.29, 0.717) is 18.0 Å². The average Bonchev–Trinajstić information content (AvgIpc) is 2.32. The zero-order chi connectivity index (χ0) is 13.3. The minimum atomic E-state index is -3.19. The summed E-state index contributed by atoms with van der Waals surface area (Å²) in [5.74, 6) is 0. The van der Waals surface area contributed by atoms with Gasteiger partial charge in [0, 0.05) is 17.6 Å². The number of rotatable bonds is 3. The second-order valence-corrected chi connectivity index (χ2v) is 7.81. The number of nitrogens with zero attached hydrogens (tertiary/aromatic N) is 1. The molecule has 1 heterocycles. The van der Waals surface area contributed by atoms with Crippen LogP contribution in [-0.4, -0.2) is 33.3 Å². The number of halogens is 1. The lowest BCUT2D eigenvalue weighted by Gasteiger charge is -2.34. The van der Waals surface area contributed by atoms with Gasteiger partial charge in [-0.15, -0.1) is 0 Å². The number of hydrogen-bond acceptors (Lipinski definition) is 4. The van der Waals surface area contributed by atoms with Crippen LogP contribution in [-0.2, 0) is 9.84 Å². The van der Waals surface area contributed by atoms with E-state index in [4.69, 9.17) is 5.73 Å². The van der Waals surface area contributed by atoms with Crippen LogP contribution < -0.4 is 10.6 Å². The van der Waals surface area contributed by atoms with Crippen molar-refractivity contribution in [1.29, 1.82) is 0 Å². The van der Waals surface area contributed by atoms with Crippen LogP contribution in [0.5, 0.6) is 0 Å². The summed E-state index contributed by atoms with van der Waals surface area (Å²) in [4.78, 5) is 2.54. The van der Waals surface area contributed by atoms with Gasteiger partial charge in [0.05, 0.1) is 15.8 Å². The molecule has 18 heavy (non-hydrogen) atoms. The van der Waals surface area contributed by atoms with E-state index in [9.17, 15) is 8.42 Å². The van der Waals surface area contributed by atoms with Crippen molar-refractivity contribution in [3.05, 3.63) is 22.7 Å². The van der Waals surface area contributed by atoms with Crippen molar-refractivity contribution in [2.45, 2.75) is 23.5 Å². The van der Waals surface area contributed by atoms with Crippen LogP contribution in [0.2, 0.25) is 0 Å². The summed E-state index contributed by atoms with van der Waals surface area (Å²) in [6.07, 6.45) is 0.860. The Morgan fingerprint density at radius 3 is 2.89 bits per heavy atom. The molecule has 0 amide bonds. The van der Waals surface area contributed by atoms with Crippen molar-refractivity contribution in [2.24, 2.45) is 5.73 Å². The van der Waals surface area contributed by atoms with E-state index >= 15 is 0 Å². The first-order valence-electron chi connectivity index (χ1n) is 5.95. The molecule has 0 aliphatic carbocycles. The maximum atomic E-state index is 12.3. The third kappa shape index (κ3) is 2.41. The van der Waals surface area contributed by atoms with Crippen LogP contribution in [0.4, 0.5) is 5.69 Å². The number of anilines is 1. The first-order valence-corrected chi connectivity index (χ1v) is 8.29. The predicted octanol–water partition coefficient (Wildman–Crippen LogP) is 1.78. The standard InChI is InChI=1S/C12H17BrN2O2S/c1-9-8-15(6-2-5-14)11-7-10(13)3-4-12(11)18(9,16)17/h3-4,7,9H,2,5-6,8,14H2,1H3. The van der Waals surface area contributed by atoms with Gasteiger partial charge in [0.25, 0.3) is 0 Å². The zero-order valence-corrected chi connectivity index (χ0v) is 12.7. The third-order valence-electron chi connectivity index (χ3n) is 3.21. The Morgan fingerprint density at radius 2 is 2.22 bits per heavy atom. The van der Waals surface area contributed by atoms with Crippen molar-refractivity contribution >= 4 is 31.5 Å². The molecule has 100 valence electrons. The molecular weight excluding hydrogens is 316 g/mol. The summed E-state index contributed by atoms with van der Waals surface area (Å²) in [6, 6.07) is 5.32. The molecule has 1 aliphatic heterocycles. The summed E-state index contributed by atoms with van der Waals surface area (Å²) < 4.78 is 25.4. The van der Waals surface area contributed by atoms with Crippen LogP contribution in [0, 0.1) is 0 Å². The topological polar surface area (TPSA) is 63.4 Å². The van der Waals surface area contributed by atoms with Crippen molar-refractivity contribution in [3.63, 3.8) is 0 Å². The van der Waals surface area contributed by atoms with Crippen LogP contribution in [0.1, 0.15) is 13.3 Å². The third-order valence-corrected chi connectivity index (χ3v) is 5.87. The Labute approximate surface area is 116 Å². The molecule has 1 aliphatic rings. The monoisotopic (exact) mass is 332 g/mol. The SMILES string of the molecule is CC1CN(CCCN)c2cc(Br)ccc2S1(=O)=O. The number of fused-ring (bicyclic) bond motifs is 1. The Kier molecular flexibility index (Phi) is 3.99. The van der Waals surface area contributed by atoms with Crippen LogP contribution >= 0.6 is 15.9 Å². The summed E-state index contributed by atoms with van der Waals surface area (Å²) >= 11 is 3.39. The predicted molar refractivity (Wildman–Crippen MR) is 76.7 cm³/mol. The molecule has 0 radical (unpaired) electrons. The van der Waals surface area contributed by atoms with E-state index in [1.165, 1.54) is 0 Å². The van der Waals surface area contributed by atoms with E-state index in [-0.39, 0.29) is 5.25 Å². The minimum absolute atomic E-state index is 0.371. The summed E-state index contributed by atoms with van der Waals surface area (Å²) in [7, 11) is -3.19. The molecule has 2 rings (SSSR count). The van der Waals surface area contributed by atoms with E-state index in [1.54, 1.807) is 19.1 Å². The number of nitrogens with two attached hydrogens (primary N) is 1. The van der Waals surface area contributed by atoms with E-state index in [0.717, 1.165) is 23.1 Å². The Balaban J connectivity index is 2.48. The highest BCUT2D eigenvalue weighted by Gasteiger charge is 2.34. The molecule has 0 saturated carbocycles. The minimum Gasteiger partial charge on any atom is -0.369 e. The lowest BCUT2D eigenvalue weighted by molar-refractivity contribution is 0.571. The number of sulfone groups is 1. The van der Waals surface area contributed by atoms with E-state index < -0.39 is 9.84 Å². The number of benzene rings is 1. The second-order valence-electron chi connectivity index (χ2n) is 4.56. The average molecular weight is 333 g/mol. The van der Waals surface area contributed by atoms with Gasteiger partial charge < -0.3 is 10.6 Å². The zero-order valence-electron chi connectivity index (χ0n) is 10.3. The maximum absolute atomic E-state index is 12.3. The van der Waals surface area contributed by atoms with Crippen molar-refractivity contribution in [2.75, 3.05) is 24.5 Å². The lowest BCUT2D eigenvalue weighted by atomic mass is 10.2. The summed E-state index contributed by atoms with van der Waals surface area (Å²) in [6.45, 7) is 3.70. The summed E-state index contributed by atoms with van der Waals surface area (Å²) in [5.41, 5.74) is 6.32. The molecular formula is C12H17BrN2O2S. The highest BCUT2D eigenvalue weighted by molar-refractivity contribution is 9.10. The van der Waals surface area contributed by atoms with Gasteiger partial charge in [0.15, 0.2) is 9.84 Å². The van der Waals surface area contributed by atoms with Crippen molar-refractivity contribution in [3.8, 4) is 0 Å². The van der Waals surface area contributed by atoms with Gasteiger partial charge in [-0.3, -0.25) is 0 Å². The molecule has 0 fully saturated rings. The normalized spacial score (nSPS) is 21.7. The molecule has 0 aromatic heterocycles. The smallest absolute Gasteiger partial charge is 0.184 e.